The number of rotatable bonds is 4. The highest BCUT2D eigenvalue weighted by Crippen LogP contribution is 2.28. The molecule has 1 fully saturated rings. The molecule has 8 nitrogen and oxygen atoms in total. The van der Waals surface area contributed by atoms with Crippen LogP contribution in [0.5, 0.6) is 0 Å². The minimum absolute atomic E-state index is 0.141. The van der Waals surface area contributed by atoms with E-state index in [2.05, 4.69) is 10.1 Å². The largest absolute Gasteiger partial charge is 0.336 e. The number of benzene rings is 1. The number of halogens is 1. The lowest BCUT2D eigenvalue weighted by molar-refractivity contribution is 0.0698. The molecule has 156 valence electrons. The molecule has 0 N–H and O–H groups in total. The monoisotopic (exact) mass is 445 g/mol. The number of pyridine rings is 1. The maximum Gasteiger partial charge on any atom is 0.255 e. The predicted molar refractivity (Wildman–Crippen MR) is 113 cm³/mol. The first-order chi connectivity index (χ1) is 14.4. The lowest BCUT2D eigenvalue weighted by Gasteiger charge is -2.34. The van der Waals surface area contributed by atoms with E-state index in [9.17, 15) is 13.2 Å². The molecule has 0 atom stereocenters. The molecule has 2 aromatic heterocycles. The predicted octanol–water partition coefficient (Wildman–Crippen LogP) is 2.28. The number of aryl methyl sites for hydroxylation is 1. The van der Waals surface area contributed by atoms with Crippen LogP contribution in [0.2, 0.25) is 5.02 Å². The zero-order valence-corrected chi connectivity index (χ0v) is 17.8. The number of sulfonamides is 1. The van der Waals surface area contributed by atoms with Crippen LogP contribution in [0.25, 0.3) is 11.3 Å². The zero-order valence-electron chi connectivity index (χ0n) is 16.3. The fourth-order valence-electron chi connectivity index (χ4n) is 3.44. The molecule has 1 amide bonds. The molecule has 3 aromatic rings. The van der Waals surface area contributed by atoms with Crippen LogP contribution in [0.1, 0.15) is 10.4 Å². The first-order valence-corrected chi connectivity index (χ1v) is 11.2. The molecular weight excluding hydrogens is 426 g/mol. The SMILES string of the molecule is Cn1cc(S(=O)(=O)N2CCN(C(=O)c3ccccc3Cl)CC2)c(-c2ccncc2)n1. The number of aromatic nitrogens is 3. The van der Waals surface area contributed by atoms with Crippen LogP contribution in [-0.2, 0) is 17.1 Å². The average molecular weight is 446 g/mol. The Bertz CT molecular complexity index is 1170. The minimum atomic E-state index is -3.78. The summed E-state index contributed by atoms with van der Waals surface area (Å²) >= 11 is 6.13. The third-order valence-electron chi connectivity index (χ3n) is 5.00. The van der Waals surface area contributed by atoms with E-state index < -0.39 is 10.0 Å². The van der Waals surface area contributed by atoms with Gasteiger partial charge in [0.05, 0.1) is 10.6 Å². The second-order valence-electron chi connectivity index (χ2n) is 6.93. The Labute approximate surface area is 179 Å². The van der Waals surface area contributed by atoms with Crippen LogP contribution in [-0.4, -0.2) is 64.5 Å². The summed E-state index contributed by atoms with van der Waals surface area (Å²) < 4.78 is 29.5. The van der Waals surface area contributed by atoms with Gasteiger partial charge in [-0.15, -0.1) is 0 Å². The van der Waals surface area contributed by atoms with Gasteiger partial charge in [-0.05, 0) is 24.3 Å². The number of carbonyl (C=O) groups is 1. The van der Waals surface area contributed by atoms with Gasteiger partial charge < -0.3 is 4.90 Å². The van der Waals surface area contributed by atoms with Crippen LogP contribution < -0.4 is 0 Å². The second kappa shape index (κ2) is 8.17. The smallest absolute Gasteiger partial charge is 0.255 e. The fourth-order valence-corrected chi connectivity index (χ4v) is 5.27. The van der Waals surface area contributed by atoms with Crippen LogP contribution >= 0.6 is 11.6 Å². The highest BCUT2D eigenvalue weighted by Gasteiger charge is 2.33. The molecule has 0 spiro atoms. The minimum Gasteiger partial charge on any atom is -0.336 e. The molecular formula is C20H20ClN5O3S. The van der Waals surface area contributed by atoms with Gasteiger partial charge in [0.2, 0.25) is 10.0 Å². The molecule has 4 rings (SSSR count). The van der Waals surface area contributed by atoms with E-state index >= 15 is 0 Å². The Kier molecular flexibility index (Phi) is 5.59. The zero-order chi connectivity index (χ0) is 21.3. The first-order valence-electron chi connectivity index (χ1n) is 9.36. The lowest BCUT2D eigenvalue weighted by Crippen LogP contribution is -2.50. The van der Waals surface area contributed by atoms with Gasteiger partial charge in [0.1, 0.15) is 10.6 Å². The van der Waals surface area contributed by atoms with Gasteiger partial charge in [-0.3, -0.25) is 14.5 Å². The molecule has 3 heterocycles. The van der Waals surface area contributed by atoms with Crippen molar-refractivity contribution in [1.29, 1.82) is 0 Å². The van der Waals surface area contributed by atoms with Gasteiger partial charge in [0, 0.05) is 57.4 Å². The third kappa shape index (κ3) is 3.83. The molecule has 1 aromatic carbocycles. The Morgan fingerprint density at radius 1 is 1.03 bits per heavy atom. The number of nitrogens with zero attached hydrogens (tertiary/aromatic N) is 5. The van der Waals surface area contributed by atoms with Crippen molar-refractivity contribution in [3.8, 4) is 11.3 Å². The Morgan fingerprint density at radius 2 is 1.70 bits per heavy atom. The summed E-state index contributed by atoms with van der Waals surface area (Å²) in [7, 11) is -2.09. The van der Waals surface area contributed by atoms with Crippen LogP contribution in [0.4, 0.5) is 0 Å². The van der Waals surface area contributed by atoms with E-state index in [1.165, 1.54) is 15.2 Å². The fraction of sp³-hybridized carbons (Fsp3) is 0.250. The van der Waals surface area contributed by atoms with Gasteiger partial charge in [-0.25, -0.2) is 8.42 Å². The molecule has 0 radical (unpaired) electrons. The number of piperazine rings is 1. The van der Waals surface area contributed by atoms with E-state index in [1.807, 2.05) is 0 Å². The Hall–Kier alpha value is -2.75. The summed E-state index contributed by atoms with van der Waals surface area (Å²) in [4.78, 5) is 18.5. The highest BCUT2D eigenvalue weighted by molar-refractivity contribution is 7.89. The molecule has 10 heteroatoms. The van der Waals surface area contributed by atoms with Gasteiger partial charge in [0.15, 0.2) is 0 Å². The van der Waals surface area contributed by atoms with E-state index in [1.54, 1.807) is 60.7 Å². The third-order valence-corrected chi connectivity index (χ3v) is 7.23. The van der Waals surface area contributed by atoms with Crippen molar-refractivity contribution in [2.45, 2.75) is 4.90 Å². The summed E-state index contributed by atoms with van der Waals surface area (Å²) in [5, 5.41) is 4.72. The summed E-state index contributed by atoms with van der Waals surface area (Å²) in [6.07, 6.45) is 4.70. The van der Waals surface area contributed by atoms with Gasteiger partial charge in [-0.1, -0.05) is 23.7 Å². The molecule has 1 aliphatic rings. The first kappa shape index (κ1) is 20.5. The number of carbonyl (C=O) groups excluding carboxylic acids is 1. The van der Waals surface area contributed by atoms with Crippen molar-refractivity contribution in [2.75, 3.05) is 26.2 Å². The summed E-state index contributed by atoms with van der Waals surface area (Å²) in [6, 6.07) is 10.3. The van der Waals surface area contributed by atoms with Crippen LogP contribution in [0.3, 0.4) is 0 Å². The van der Waals surface area contributed by atoms with E-state index in [0.29, 0.717) is 21.8 Å². The Morgan fingerprint density at radius 3 is 2.37 bits per heavy atom. The highest BCUT2D eigenvalue weighted by atomic mass is 35.5. The quantitative estimate of drug-likeness (QED) is 0.614. The average Bonchev–Trinajstić information content (AvgIpc) is 3.17. The van der Waals surface area contributed by atoms with Gasteiger partial charge in [-0.2, -0.15) is 9.40 Å². The van der Waals surface area contributed by atoms with Crippen molar-refractivity contribution in [3.05, 3.63) is 65.6 Å². The van der Waals surface area contributed by atoms with Crippen molar-refractivity contribution in [3.63, 3.8) is 0 Å². The van der Waals surface area contributed by atoms with Crippen molar-refractivity contribution in [2.24, 2.45) is 7.05 Å². The normalized spacial score (nSPS) is 15.3. The standard InChI is InChI=1S/C20H20ClN5O3S/c1-24-14-18(19(23-24)15-6-8-22-9-7-15)30(28,29)26-12-10-25(11-13-26)20(27)16-4-2-3-5-17(16)21/h2-9,14H,10-13H2,1H3. The number of hydrogen-bond acceptors (Lipinski definition) is 5. The van der Waals surface area contributed by atoms with Gasteiger partial charge >= 0.3 is 0 Å². The maximum absolute atomic E-state index is 13.3. The van der Waals surface area contributed by atoms with E-state index in [4.69, 9.17) is 11.6 Å². The number of hydrogen-bond donors (Lipinski definition) is 0. The summed E-state index contributed by atoms with van der Waals surface area (Å²) in [6.45, 7) is 0.967. The van der Waals surface area contributed by atoms with Crippen molar-refractivity contribution < 1.29 is 13.2 Å². The molecule has 0 bridgehead atoms. The van der Waals surface area contributed by atoms with E-state index in [0.717, 1.165) is 0 Å². The summed E-state index contributed by atoms with van der Waals surface area (Å²) in [5.41, 5.74) is 1.48. The van der Waals surface area contributed by atoms with Crippen molar-refractivity contribution >= 4 is 27.5 Å². The number of amides is 1. The van der Waals surface area contributed by atoms with Crippen LogP contribution in [0.15, 0.2) is 59.9 Å². The lowest BCUT2D eigenvalue weighted by atomic mass is 10.2. The second-order valence-corrected chi connectivity index (χ2v) is 9.24. The van der Waals surface area contributed by atoms with Crippen molar-refractivity contribution in [1.82, 2.24) is 24.0 Å². The maximum atomic E-state index is 13.3. The molecule has 1 aliphatic heterocycles. The molecule has 0 aliphatic carbocycles. The molecule has 30 heavy (non-hydrogen) atoms. The van der Waals surface area contributed by atoms with E-state index in [-0.39, 0.29) is 37.0 Å². The molecule has 1 saturated heterocycles. The van der Waals surface area contributed by atoms with Gasteiger partial charge in [0.25, 0.3) is 5.91 Å². The van der Waals surface area contributed by atoms with Crippen LogP contribution in [0, 0.1) is 0 Å². The topological polar surface area (TPSA) is 88.4 Å². The summed E-state index contributed by atoms with van der Waals surface area (Å²) in [5.74, 6) is -0.198. The Balaban J connectivity index is 1.54. The molecule has 0 unspecified atom stereocenters. The molecule has 0 saturated carbocycles.